The van der Waals surface area contributed by atoms with Crippen LogP contribution in [0.4, 0.5) is 0 Å². The number of aromatic hydroxyl groups is 1. The second-order valence-electron chi connectivity index (χ2n) is 3.06. The Balaban J connectivity index is 3.08. The third-order valence-corrected chi connectivity index (χ3v) is 2.38. The number of pyridine rings is 1. The predicted molar refractivity (Wildman–Crippen MR) is 55.4 cm³/mol. The first kappa shape index (κ1) is 11.5. The zero-order valence-corrected chi connectivity index (χ0v) is 9.39. The Hall–Kier alpha value is -0.980. The van der Waals surface area contributed by atoms with Crippen molar-refractivity contribution in [2.45, 2.75) is 20.1 Å². The molecule has 0 amide bonds. The van der Waals surface area contributed by atoms with Crippen molar-refractivity contribution in [2.24, 2.45) is 5.73 Å². The summed E-state index contributed by atoms with van der Waals surface area (Å²) in [5.41, 5.74) is 5.85. The summed E-state index contributed by atoms with van der Waals surface area (Å²) < 4.78 is 22.2. The molecule has 0 aromatic carbocycles. The summed E-state index contributed by atoms with van der Waals surface area (Å²) >= 11 is 0. The molecule has 0 unspecified atom stereocenters. The maximum atomic E-state index is 10.5. The predicted octanol–water partition coefficient (Wildman–Crippen LogP) is 0.164. The Morgan fingerprint density at radius 2 is 2.31 bits per heavy atom. The van der Waals surface area contributed by atoms with Crippen LogP contribution in [-0.2, 0) is 22.2 Å². The first-order chi connectivity index (χ1) is 7.72. The molecule has 8 heteroatoms. The van der Waals surface area contributed by atoms with E-state index in [0.717, 1.165) is 0 Å². The summed E-state index contributed by atoms with van der Waals surface area (Å²) in [6.07, 6.45) is 1.26. The fourth-order valence-corrected chi connectivity index (χ4v) is 1.41. The lowest BCUT2D eigenvalue weighted by Gasteiger charge is -2.11. The third-order valence-electron chi connectivity index (χ3n) is 1.91. The van der Waals surface area contributed by atoms with E-state index in [2.05, 4.69) is 9.51 Å². The lowest BCUT2D eigenvalue weighted by atomic mass is 10.1. The molecule has 0 radical (unpaired) electrons. The topological polar surface area (TPSA) is 126 Å². The number of rotatable bonds is 4. The molecule has 0 bridgehead atoms. The lowest BCUT2D eigenvalue weighted by molar-refractivity contribution is 0.188. The number of hydrogen-bond donors (Lipinski definition) is 4. The van der Waals surface area contributed by atoms with Crippen molar-refractivity contribution in [2.75, 3.05) is 0 Å². The Bertz CT molecular complexity index is 461. The fourth-order valence-electron chi connectivity index (χ4n) is 1.11. The smallest absolute Gasteiger partial charge is 0.469 e. The number of nitrogens with zero attached hydrogens (tertiary/aromatic N) is 1. The number of phosphoric ester groups is 1. The average Bonchev–Trinajstić information content (AvgIpc) is 2.18. The molecule has 0 aliphatic carbocycles. The molecule has 0 aliphatic rings. The molecule has 1 rings (SSSR count). The summed E-state index contributed by atoms with van der Waals surface area (Å²) in [5, 5.41) is 9.67. The molecule has 0 spiro atoms. The Morgan fingerprint density at radius 1 is 1.69 bits per heavy atom. The van der Waals surface area contributed by atoms with E-state index in [1.165, 1.54) is 13.1 Å². The van der Waals surface area contributed by atoms with Gasteiger partial charge in [0.1, 0.15) is 5.75 Å². The van der Waals surface area contributed by atoms with E-state index in [9.17, 15) is 9.67 Å². The standard InChI is InChI=1S/C8H13N2O5P/c1-5-8(11)7(2-9)6(3-10-5)4-15-16(12,13)14/h3,11H,2,4,9H2,1H3,(H2,12,13,14)/i2T/t2-/m1/s1. The minimum Gasteiger partial charge on any atom is -0.506 e. The van der Waals surface area contributed by atoms with Gasteiger partial charge in [-0.25, -0.2) is 4.57 Å². The minimum absolute atomic E-state index is 0.0472. The Kier molecular flexibility index (Phi) is 3.52. The van der Waals surface area contributed by atoms with E-state index in [1.807, 2.05) is 0 Å². The number of hydrogen-bond acceptors (Lipinski definition) is 5. The normalized spacial score (nSPS) is 14.6. The lowest BCUT2D eigenvalue weighted by Crippen LogP contribution is -2.05. The largest absolute Gasteiger partial charge is 0.506 e. The van der Waals surface area contributed by atoms with E-state index in [1.54, 1.807) is 0 Å². The number of aromatic nitrogens is 1. The summed E-state index contributed by atoms with van der Waals surface area (Å²) in [5.74, 6) is -0.265. The molecule has 0 fully saturated rings. The quantitative estimate of drug-likeness (QED) is 0.561. The maximum absolute atomic E-state index is 10.5. The number of aryl methyl sites for hydroxylation is 1. The van der Waals surface area contributed by atoms with Crippen LogP contribution in [0.1, 0.15) is 18.2 Å². The highest BCUT2D eigenvalue weighted by Gasteiger charge is 2.17. The van der Waals surface area contributed by atoms with Crippen molar-refractivity contribution in [3.63, 3.8) is 0 Å². The minimum atomic E-state index is -4.62. The Morgan fingerprint density at radius 3 is 2.81 bits per heavy atom. The third kappa shape index (κ3) is 3.26. The van der Waals surface area contributed by atoms with Crippen molar-refractivity contribution >= 4 is 7.82 Å². The molecule has 1 heterocycles. The van der Waals surface area contributed by atoms with Gasteiger partial charge in [-0.1, -0.05) is 0 Å². The van der Waals surface area contributed by atoms with Crippen molar-refractivity contribution in [1.82, 2.24) is 4.98 Å². The molecule has 5 N–H and O–H groups in total. The highest BCUT2D eigenvalue weighted by Crippen LogP contribution is 2.37. The van der Waals surface area contributed by atoms with E-state index < -0.39 is 21.0 Å². The van der Waals surface area contributed by atoms with Crippen LogP contribution in [0.5, 0.6) is 5.75 Å². The first-order valence-electron chi connectivity index (χ1n) is 4.85. The van der Waals surface area contributed by atoms with Crippen molar-refractivity contribution in [3.05, 3.63) is 23.0 Å². The highest BCUT2D eigenvalue weighted by molar-refractivity contribution is 7.46. The van der Waals surface area contributed by atoms with Gasteiger partial charge in [-0.2, -0.15) is 0 Å². The molecule has 1 atom stereocenters. The highest BCUT2D eigenvalue weighted by atomic mass is 31.2. The maximum Gasteiger partial charge on any atom is 0.469 e. The molecular weight excluding hydrogens is 235 g/mol. The van der Waals surface area contributed by atoms with E-state index >= 15 is 0 Å². The van der Waals surface area contributed by atoms with Crippen molar-refractivity contribution in [1.29, 1.82) is 0 Å². The second kappa shape index (κ2) is 4.90. The summed E-state index contributed by atoms with van der Waals surface area (Å²) in [7, 11) is -4.62. The SMILES string of the molecule is [3H][C@@H](N)c1c(COP(=O)(O)O)cnc(C)c1O. The van der Waals surface area contributed by atoms with Crippen LogP contribution in [0.15, 0.2) is 6.20 Å². The van der Waals surface area contributed by atoms with Crippen molar-refractivity contribution in [3.8, 4) is 5.75 Å². The molecule has 0 aliphatic heterocycles. The molecule has 1 aromatic heterocycles. The molecule has 90 valence electrons. The summed E-state index contributed by atoms with van der Waals surface area (Å²) in [4.78, 5) is 20.9. The summed E-state index contributed by atoms with van der Waals surface area (Å²) in [6.45, 7) is -0.200. The van der Waals surface area contributed by atoms with Crippen LogP contribution in [0.25, 0.3) is 0 Å². The van der Waals surface area contributed by atoms with E-state index in [4.69, 9.17) is 16.9 Å². The zero-order chi connectivity index (χ0) is 13.2. The van der Waals surface area contributed by atoms with E-state index in [-0.39, 0.29) is 22.6 Å². The van der Waals surface area contributed by atoms with Crippen LogP contribution in [-0.4, -0.2) is 19.9 Å². The molecule has 1 aromatic rings. The van der Waals surface area contributed by atoms with Crippen LogP contribution in [0.3, 0.4) is 0 Å². The van der Waals surface area contributed by atoms with Gasteiger partial charge in [0.2, 0.25) is 0 Å². The molecular formula is C8H13N2O5P. The van der Waals surface area contributed by atoms with Gasteiger partial charge < -0.3 is 20.6 Å². The first-order valence-corrected chi connectivity index (χ1v) is 5.80. The van der Waals surface area contributed by atoms with E-state index in [0.29, 0.717) is 0 Å². The second-order valence-corrected chi connectivity index (χ2v) is 4.30. The summed E-state index contributed by atoms with van der Waals surface area (Å²) in [6, 6.07) is 0. The van der Waals surface area contributed by atoms with Gasteiger partial charge in [0.15, 0.2) is 0 Å². The van der Waals surface area contributed by atoms with Crippen LogP contribution >= 0.6 is 7.82 Å². The number of phosphoric acid groups is 1. The molecule has 16 heavy (non-hydrogen) atoms. The molecule has 7 nitrogen and oxygen atoms in total. The Labute approximate surface area is 93.5 Å². The molecule has 0 saturated carbocycles. The monoisotopic (exact) mass is 250 g/mol. The van der Waals surface area contributed by atoms with Gasteiger partial charge in [-0.05, 0) is 6.92 Å². The van der Waals surface area contributed by atoms with Gasteiger partial charge in [-0.15, -0.1) is 0 Å². The van der Waals surface area contributed by atoms with Crippen LogP contribution in [0.2, 0.25) is 0 Å². The van der Waals surface area contributed by atoms with Crippen molar-refractivity contribution < 1.29 is 25.4 Å². The van der Waals surface area contributed by atoms with Gasteiger partial charge in [-0.3, -0.25) is 9.51 Å². The van der Waals surface area contributed by atoms with Gasteiger partial charge in [0.25, 0.3) is 0 Å². The zero-order valence-electron chi connectivity index (χ0n) is 9.49. The van der Waals surface area contributed by atoms with Crippen LogP contribution < -0.4 is 5.73 Å². The number of nitrogens with two attached hydrogens (primary N) is 1. The van der Waals surface area contributed by atoms with Gasteiger partial charge >= 0.3 is 7.82 Å². The van der Waals surface area contributed by atoms with Gasteiger partial charge in [0, 0.05) is 25.2 Å². The van der Waals surface area contributed by atoms with Gasteiger partial charge in [0.05, 0.1) is 12.3 Å². The molecule has 0 saturated heterocycles. The average molecular weight is 250 g/mol. The van der Waals surface area contributed by atoms with Crippen LogP contribution in [0, 0.1) is 6.92 Å². The fraction of sp³-hybridized carbons (Fsp3) is 0.375.